The summed E-state index contributed by atoms with van der Waals surface area (Å²) in [6.07, 6.45) is 1.09. The van der Waals surface area contributed by atoms with E-state index in [1.165, 1.54) is 12.1 Å². The van der Waals surface area contributed by atoms with Crippen LogP contribution in [0.25, 0.3) is 0 Å². The molecule has 1 aliphatic heterocycles. The van der Waals surface area contributed by atoms with E-state index >= 15 is 0 Å². The SMILES string of the molecule is O=C(O)C1CNCCN1c1ccc(F)cn1. The normalized spacial score (nSPS) is 20.8. The van der Waals surface area contributed by atoms with Crippen LogP contribution in [0.2, 0.25) is 0 Å². The number of carboxylic acid groups (broad SMARTS) is 1. The van der Waals surface area contributed by atoms with Gasteiger partial charge >= 0.3 is 5.97 Å². The molecule has 1 unspecified atom stereocenters. The van der Waals surface area contributed by atoms with Crippen LogP contribution in [0.4, 0.5) is 10.2 Å². The first-order valence-corrected chi connectivity index (χ1v) is 5.00. The zero-order valence-corrected chi connectivity index (χ0v) is 8.56. The summed E-state index contributed by atoms with van der Waals surface area (Å²) in [4.78, 5) is 16.6. The molecule has 5 nitrogen and oxygen atoms in total. The number of aromatic nitrogens is 1. The molecule has 2 N–H and O–H groups in total. The monoisotopic (exact) mass is 225 g/mol. The predicted molar refractivity (Wildman–Crippen MR) is 55.8 cm³/mol. The number of carbonyl (C=O) groups is 1. The molecule has 1 aromatic heterocycles. The summed E-state index contributed by atoms with van der Waals surface area (Å²) in [6.45, 7) is 1.62. The number of halogens is 1. The topological polar surface area (TPSA) is 65.5 Å². The van der Waals surface area contributed by atoms with Crippen LogP contribution in [0.5, 0.6) is 0 Å². The standard InChI is InChI=1S/C10H12FN3O2/c11-7-1-2-9(13-5-7)14-4-3-12-6-8(14)10(15)16/h1-2,5,8,12H,3-4,6H2,(H,15,16). The number of pyridine rings is 1. The molecule has 1 aromatic rings. The second kappa shape index (κ2) is 4.44. The third kappa shape index (κ3) is 2.11. The minimum absolute atomic E-state index is 0.369. The number of anilines is 1. The Morgan fingerprint density at radius 3 is 3.06 bits per heavy atom. The average Bonchev–Trinajstić information content (AvgIpc) is 2.30. The van der Waals surface area contributed by atoms with Gasteiger partial charge in [-0.05, 0) is 12.1 Å². The van der Waals surface area contributed by atoms with Gasteiger partial charge in [0, 0.05) is 19.6 Å². The molecule has 0 amide bonds. The first-order chi connectivity index (χ1) is 7.68. The van der Waals surface area contributed by atoms with Crippen LogP contribution in [-0.2, 0) is 4.79 Å². The molecule has 1 aliphatic rings. The van der Waals surface area contributed by atoms with E-state index in [0.29, 0.717) is 25.5 Å². The fourth-order valence-electron chi connectivity index (χ4n) is 1.74. The van der Waals surface area contributed by atoms with E-state index in [9.17, 15) is 9.18 Å². The molecule has 0 saturated carbocycles. The number of rotatable bonds is 2. The number of nitrogens with one attached hydrogen (secondary N) is 1. The quantitative estimate of drug-likeness (QED) is 0.746. The fraction of sp³-hybridized carbons (Fsp3) is 0.400. The molecule has 2 rings (SSSR count). The third-order valence-corrected chi connectivity index (χ3v) is 2.53. The Kier molecular flexibility index (Phi) is 3.00. The molecular formula is C10H12FN3O2. The summed E-state index contributed by atoms with van der Waals surface area (Å²) in [5.74, 6) is -0.834. The van der Waals surface area contributed by atoms with Gasteiger partial charge in [0.25, 0.3) is 0 Å². The number of piperazine rings is 1. The Labute approximate surface area is 91.9 Å². The number of carboxylic acids is 1. The van der Waals surface area contributed by atoms with Gasteiger partial charge in [-0.2, -0.15) is 0 Å². The maximum Gasteiger partial charge on any atom is 0.327 e. The average molecular weight is 225 g/mol. The first-order valence-electron chi connectivity index (χ1n) is 5.00. The molecule has 1 saturated heterocycles. The highest BCUT2D eigenvalue weighted by Crippen LogP contribution is 2.15. The van der Waals surface area contributed by atoms with Gasteiger partial charge in [-0.1, -0.05) is 0 Å². The zero-order valence-electron chi connectivity index (χ0n) is 8.56. The van der Waals surface area contributed by atoms with Crippen LogP contribution in [0.1, 0.15) is 0 Å². The van der Waals surface area contributed by atoms with Crippen molar-refractivity contribution in [3.8, 4) is 0 Å². The van der Waals surface area contributed by atoms with Gasteiger partial charge in [0.15, 0.2) is 0 Å². The van der Waals surface area contributed by atoms with Crippen LogP contribution in [0.3, 0.4) is 0 Å². The molecule has 86 valence electrons. The van der Waals surface area contributed by atoms with Crippen molar-refractivity contribution in [2.75, 3.05) is 24.5 Å². The van der Waals surface area contributed by atoms with Gasteiger partial charge in [0.2, 0.25) is 0 Å². The molecule has 0 spiro atoms. The second-order valence-corrected chi connectivity index (χ2v) is 3.59. The van der Waals surface area contributed by atoms with Crippen molar-refractivity contribution < 1.29 is 14.3 Å². The Morgan fingerprint density at radius 1 is 1.62 bits per heavy atom. The van der Waals surface area contributed by atoms with E-state index < -0.39 is 17.8 Å². The van der Waals surface area contributed by atoms with Crippen molar-refractivity contribution >= 4 is 11.8 Å². The Balaban J connectivity index is 2.23. The van der Waals surface area contributed by atoms with Crippen LogP contribution in [0.15, 0.2) is 18.3 Å². The summed E-state index contributed by atoms with van der Waals surface area (Å²) >= 11 is 0. The second-order valence-electron chi connectivity index (χ2n) is 3.59. The maximum absolute atomic E-state index is 12.7. The van der Waals surface area contributed by atoms with E-state index in [0.717, 1.165) is 6.20 Å². The summed E-state index contributed by atoms with van der Waals surface area (Å²) in [6, 6.07) is 2.13. The predicted octanol–water partition coefficient (Wildman–Crippen LogP) is 0.0835. The van der Waals surface area contributed by atoms with E-state index in [2.05, 4.69) is 10.3 Å². The molecule has 6 heteroatoms. The van der Waals surface area contributed by atoms with Gasteiger partial charge in [-0.25, -0.2) is 14.2 Å². The molecular weight excluding hydrogens is 213 g/mol. The summed E-state index contributed by atoms with van der Waals surface area (Å²) in [7, 11) is 0. The molecule has 16 heavy (non-hydrogen) atoms. The largest absolute Gasteiger partial charge is 0.480 e. The molecule has 1 fully saturated rings. The highest BCUT2D eigenvalue weighted by atomic mass is 19.1. The molecule has 0 aliphatic carbocycles. The molecule has 0 aromatic carbocycles. The van der Waals surface area contributed by atoms with Gasteiger partial charge in [0.05, 0.1) is 6.20 Å². The highest BCUT2D eigenvalue weighted by Gasteiger charge is 2.29. The lowest BCUT2D eigenvalue weighted by Crippen LogP contribution is -2.55. The molecule has 0 radical (unpaired) electrons. The highest BCUT2D eigenvalue weighted by molar-refractivity contribution is 5.78. The van der Waals surface area contributed by atoms with Crippen molar-refractivity contribution in [3.05, 3.63) is 24.1 Å². The van der Waals surface area contributed by atoms with Crippen LogP contribution in [0, 0.1) is 5.82 Å². The smallest absolute Gasteiger partial charge is 0.327 e. The minimum atomic E-state index is -0.904. The van der Waals surface area contributed by atoms with Gasteiger partial charge < -0.3 is 15.3 Å². The zero-order chi connectivity index (χ0) is 11.5. The van der Waals surface area contributed by atoms with Crippen molar-refractivity contribution in [3.63, 3.8) is 0 Å². The van der Waals surface area contributed by atoms with E-state index in [1.54, 1.807) is 4.90 Å². The van der Waals surface area contributed by atoms with Gasteiger partial charge in [-0.3, -0.25) is 0 Å². The number of hydrogen-bond donors (Lipinski definition) is 2. The Bertz CT molecular complexity index is 382. The lowest BCUT2D eigenvalue weighted by molar-refractivity contribution is -0.138. The summed E-state index contributed by atoms with van der Waals surface area (Å²) in [5.41, 5.74) is 0. The lowest BCUT2D eigenvalue weighted by atomic mass is 10.2. The number of nitrogens with zero attached hydrogens (tertiary/aromatic N) is 2. The van der Waals surface area contributed by atoms with Crippen LogP contribution < -0.4 is 10.2 Å². The third-order valence-electron chi connectivity index (χ3n) is 2.53. The van der Waals surface area contributed by atoms with E-state index in [4.69, 9.17) is 5.11 Å². The number of aliphatic carboxylic acids is 1. The van der Waals surface area contributed by atoms with Crippen molar-refractivity contribution in [2.45, 2.75) is 6.04 Å². The Hall–Kier alpha value is -1.69. The van der Waals surface area contributed by atoms with Crippen LogP contribution >= 0.6 is 0 Å². The van der Waals surface area contributed by atoms with Crippen molar-refractivity contribution in [1.29, 1.82) is 0 Å². The minimum Gasteiger partial charge on any atom is -0.480 e. The lowest BCUT2D eigenvalue weighted by Gasteiger charge is -2.34. The summed E-state index contributed by atoms with van der Waals surface area (Å²) < 4.78 is 12.7. The van der Waals surface area contributed by atoms with E-state index in [-0.39, 0.29) is 0 Å². The van der Waals surface area contributed by atoms with E-state index in [1.807, 2.05) is 0 Å². The van der Waals surface area contributed by atoms with Crippen molar-refractivity contribution in [2.24, 2.45) is 0 Å². The Morgan fingerprint density at radius 2 is 2.44 bits per heavy atom. The van der Waals surface area contributed by atoms with Crippen molar-refractivity contribution in [1.82, 2.24) is 10.3 Å². The molecule has 1 atom stereocenters. The number of hydrogen-bond acceptors (Lipinski definition) is 4. The maximum atomic E-state index is 12.7. The van der Waals surface area contributed by atoms with Gasteiger partial charge in [0.1, 0.15) is 17.7 Å². The molecule has 2 heterocycles. The van der Waals surface area contributed by atoms with Gasteiger partial charge in [-0.15, -0.1) is 0 Å². The fourth-order valence-corrected chi connectivity index (χ4v) is 1.74. The first kappa shape index (κ1) is 10.8. The summed E-state index contributed by atoms with van der Waals surface area (Å²) in [5, 5.41) is 12.0. The molecule has 0 bridgehead atoms. The van der Waals surface area contributed by atoms with Crippen LogP contribution in [-0.4, -0.2) is 41.7 Å².